The molecule has 1 aromatic carbocycles. The van der Waals surface area contributed by atoms with Crippen molar-refractivity contribution in [1.82, 2.24) is 30.1 Å². The SMILES string of the molecule is Nc1nccc(-c2cccnc2Oc2ccc(Nc3nnc(-c4cccs4)c4ccccc34)cn2)n1. The number of fused-ring (bicyclic) bond motifs is 1. The van der Waals surface area contributed by atoms with Gasteiger partial charge in [0.15, 0.2) is 5.82 Å². The van der Waals surface area contributed by atoms with Gasteiger partial charge in [-0.15, -0.1) is 21.5 Å². The van der Waals surface area contributed by atoms with Gasteiger partial charge in [0.1, 0.15) is 5.69 Å². The first-order chi connectivity index (χ1) is 17.7. The van der Waals surface area contributed by atoms with Gasteiger partial charge in [-0.1, -0.05) is 30.3 Å². The standard InChI is InChI=1S/C26H18N8OS/c27-26-29-13-11-20(32-26)19-7-3-12-28-25(19)35-22-10-9-16(15-30-22)31-24-18-6-2-1-5-17(18)23(33-34-24)21-8-4-14-36-21/h1-15H,(H,31,34)(H2,27,29,32). The lowest BCUT2D eigenvalue weighted by Gasteiger charge is -2.11. The van der Waals surface area contributed by atoms with Gasteiger partial charge in [0.05, 0.1) is 28.0 Å². The highest BCUT2D eigenvalue weighted by atomic mass is 32.1. The van der Waals surface area contributed by atoms with Crippen molar-refractivity contribution in [3.63, 3.8) is 0 Å². The average Bonchev–Trinajstić information content (AvgIpc) is 3.45. The molecular formula is C26H18N8OS. The van der Waals surface area contributed by atoms with Crippen LogP contribution in [-0.4, -0.2) is 30.1 Å². The Kier molecular flexibility index (Phi) is 5.60. The molecule has 0 saturated heterocycles. The quantitative estimate of drug-likeness (QED) is 0.301. The minimum atomic E-state index is 0.176. The zero-order valence-electron chi connectivity index (χ0n) is 18.7. The van der Waals surface area contributed by atoms with Crippen molar-refractivity contribution < 1.29 is 4.74 Å². The highest BCUT2D eigenvalue weighted by Crippen LogP contribution is 2.34. The molecular weight excluding hydrogens is 472 g/mol. The third-order valence-electron chi connectivity index (χ3n) is 5.36. The zero-order valence-corrected chi connectivity index (χ0v) is 19.6. The molecule has 0 radical (unpaired) electrons. The highest BCUT2D eigenvalue weighted by Gasteiger charge is 2.13. The Hall–Kier alpha value is -4.96. The fourth-order valence-electron chi connectivity index (χ4n) is 3.73. The third kappa shape index (κ3) is 4.28. The van der Waals surface area contributed by atoms with E-state index in [-0.39, 0.29) is 5.95 Å². The van der Waals surface area contributed by atoms with Crippen molar-refractivity contribution in [1.29, 1.82) is 0 Å². The van der Waals surface area contributed by atoms with E-state index >= 15 is 0 Å². The van der Waals surface area contributed by atoms with E-state index in [2.05, 4.69) is 41.5 Å². The number of anilines is 3. The molecule has 0 aliphatic rings. The maximum atomic E-state index is 5.96. The number of nitrogen functional groups attached to an aromatic ring is 1. The molecule has 0 aliphatic carbocycles. The fraction of sp³-hybridized carbons (Fsp3) is 0. The summed E-state index contributed by atoms with van der Waals surface area (Å²) in [5, 5.41) is 16.3. The first kappa shape index (κ1) is 21.6. The van der Waals surface area contributed by atoms with E-state index in [1.165, 1.54) is 0 Å². The van der Waals surface area contributed by atoms with E-state index in [0.29, 0.717) is 28.8 Å². The maximum absolute atomic E-state index is 5.96. The summed E-state index contributed by atoms with van der Waals surface area (Å²) in [6.07, 6.45) is 4.90. The summed E-state index contributed by atoms with van der Waals surface area (Å²) >= 11 is 1.64. The molecule has 6 rings (SSSR count). The zero-order chi connectivity index (χ0) is 24.3. The summed E-state index contributed by atoms with van der Waals surface area (Å²) < 4.78 is 5.96. The van der Waals surface area contributed by atoms with Gasteiger partial charge in [0.2, 0.25) is 17.7 Å². The number of ether oxygens (including phenoxy) is 1. The van der Waals surface area contributed by atoms with Crippen molar-refractivity contribution >= 4 is 39.6 Å². The van der Waals surface area contributed by atoms with Crippen LogP contribution < -0.4 is 15.8 Å². The van der Waals surface area contributed by atoms with Gasteiger partial charge in [0, 0.05) is 29.2 Å². The van der Waals surface area contributed by atoms with Gasteiger partial charge >= 0.3 is 0 Å². The Balaban J connectivity index is 1.26. The summed E-state index contributed by atoms with van der Waals surface area (Å²) in [7, 11) is 0. The summed E-state index contributed by atoms with van der Waals surface area (Å²) in [6, 6.07) is 21.1. The molecule has 0 amide bonds. The van der Waals surface area contributed by atoms with Crippen LogP contribution in [0.1, 0.15) is 0 Å². The second-order valence-electron chi connectivity index (χ2n) is 7.69. The lowest BCUT2D eigenvalue weighted by molar-refractivity contribution is 0.446. The largest absolute Gasteiger partial charge is 0.420 e. The van der Waals surface area contributed by atoms with Crippen molar-refractivity contribution in [2.24, 2.45) is 0 Å². The van der Waals surface area contributed by atoms with Gasteiger partial charge in [-0.25, -0.2) is 19.9 Å². The van der Waals surface area contributed by atoms with Crippen molar-refractivity contribution in [2.45, 2.75) is 0 Å². The molecule has 10 heteroatoms. The Morgan fingerprint density at radius 1 is 0.806 bits per heavy atom. The van der Waals surface area contributed by atoms with E-state index in [9.17, 15) is 0 Å². The molecule has 6 aromatic rings. The summed E-state index contributed by atoms with van der Waals surface area (Å²) in [6.45, 7) is 0. The van der Waals surface area contributed by atoms with E-state index in [1.54, 1.807) is 48.1 Å². The molecule has 0 unspecified atom stereocenters. The summed E-state index contributed by atoms with van der Waals surface area (Å²) in [5.41, 5.74) is 8.64. The van der Waals surface area contributed by atoms with Gasteiger partial charge in [-0.2, -0.15) is 0 Å². The monoisotopic (exact) mass is 490 g/mol. The van der Waals surface area contributed by atoms with Crippen LogP contribution in [0.2, 0.25) is 0 Å². The number of nitrogens with zero attached hydrogens (tertiary/aromatic N) is 6. The second kappa shape index (κ2) is 9.35. The molecule has 0 spiro atoms. The topological polar surface area (TPSA) is 125 Å². The molecule has 0 fully saturated rings. The van der Waals surface area contributed by atoms with Crippen LogP contribution in [0.25, 0.3) is 32.6 Å². The number of hydrogen-bond donors (Lipinski definition) is 2. The van der Waals surface area contributed by atoms with Gasteiger partial charge in [0.25, 0.3) is 0 Å². The Bertz CT molecular complexity index is 1660. The number of benzene rings is 1. The van der Waals surface area contributed by atoms with Gasteiger partial charge in [-0.3, -0.25) is 0 Å². The number of pyridine rings is 2. The van der Waals surface area contributed by atoms with Crippen molar-refractivity contribution in [2.75, 3.05) is 11.1 Å². The van der Waals surface area contributed by atoms with Crippen LogP contribution in [-0.2, 0) is 0 Å². The Morgan fingerprint density at radius 2 is 1.72 bits per heavy atom. The maximum Gasteiger partial charge on any atom is 0.230 e. The van der Waals surface area contributed by atoms with Crippen LogP contribution >= 0.6 is 11.3 Å². The van der Waals surface area contributed by atoms with E-state index in [0.717, 1.165) is 27.0 Å². The van der Waals surface area contributed by atoms with E-state index < -0.39 is 0 Å². The van der Waals surface area contributed by atoms with Crippen molar-refractivity contribution in [3.8, 4) is 33.6 Å². The molecule has 0 bridgehead atoms. The number of thiophene rings is 1. The summed E-state index contributed by atoms with van der Waals surface area (Å²) in [5.74, 6) is 1.57. The first-order valence-electron chi connectivity index (χ1n) is 11.0. The molecule has 5 heterocycles. The smallest absolute Gasteiger partial charge is 0.230 e. The minimum Gasteiger partial charge on any atom is -0.420 e. The van der Waals surface area contributed by atoms with Crippen LogP contribution in [0, 0.1) is 0 Å². The van der Waals surface area contributed by atoms with Crippen LogP contribution in [0.3, 0.4) is 0 Å². The fourth-order valence-corrected chi connectivity index (χ4v) is 4.46. The van der Waals surface area contributed by atoms with Crippen LogP contribution in [0.15, 0.2) is 90.7 Å². The number of hydrogen-bond acceptors (Lipinski definition) is 10. The molecule has 0 aliphatic heterocycles. The third-order valence-corrected chi connectivity index (χ3v) is 6.24. The number of rotatable bonds is 6. The second-order valence-corrected chi connectivity index (χ2v) is 8.64. The molecule has 5 aromatic heterocycles. The van der Waals surface area contributed by atoms with Crippen LogP contribution in [0.5, 0.6) is 11.8 Å². The molecule has 0 atom stereocenters. The van der Waals surface area contributed by atoms with E-state index in [1.807, 2.05) is 47.8 Å². The molecule has 174 valence electrons. The molecule has 0 saturated carbocycles. The lowest BCUT2D eigenvalue weighted by atomic mass is 10.1. The predicted octanol–water partition coefficient (Wildman–Crippen LogP) is 5.72. The molecule has 3 N–H and O–H groups in total. The van der Waals surface area contributed by atoms with E-state index in [4.69, 9.17) is 10.5 Å². The van der Waals surface area contributed by atoms with Gasteiger partial charge in [-0.05, 0) is 35.7 Å². The van der Waals surface area contributed by atoms with Crippen LogP contribution in [0.4, 0.5) is 17.5 Å². The number of nitrogens with two attached hydrogens (primary N) is 1. The first-order valence-corrected chi connectivity index (χ1v) is 11.9. The van der Waals surface area contributed by atoms with Gasteiger partial charge < -0.3 is 15.8 Å². The predicted molar refractivity (Wildman–Crippen MR) is 140 cm³/mol. The average molecular weight is 491 g/mol. The Morgan fingerprint density at radius 3 is 2.53 bits per heavy atom. The number of aromatic nitrogens is 6. The summed E-state index contributed by atoms with van der Waals surface area (Å²) in [4.78, 5) is 18.0. The molecule has 9 nitrogen and oxygen atoms in total. The lowest BCUT2D eigenvalue weighted by Crippen LogP contribution is -2.00. The number of nitrogens with one attached hydrogen (secondary N) is 1. The van der Waals surface area contributed by atoms with Crippen molar-refractivity contribution in [3.05, 3.63) is 90.7 Å². The molecule has 36 heavy (non-hydrogen) atoms. The Labute approximate surface area is 209 Å². The highest BCUT2D eigenvalue weighted by molar-refractivity contribution is 7.13. The normalized spacial score (nSPS) is 10.9. The minimum absolute atomic E-state index is 0.176.